The molecule has 2 N–H and O–H groups in total. The zero-order chi connectivity index (χ0) is 15.3. The highest BCUT2D eigenvalue weighted by molar-refractivity contribution is 5.94. The molecule has 2 atom stereocenters. The van der Waals surface area contributed by atoms with Gasteiger partial charge in [0, 0.05) is 17.8 Å². The Morgan fingerprint density at radius 2 is 2.32 bits per heavy atom. The Morgan fingerprint density at radius 1 is 1.45 bits per heavy atom. The van der Waals surface area contributed by atoms with Crippen molar-refractivity contribution in [2.24, 2.45) is 17.3 Å². The SMILES string of the molecule is CC1(C)[C@H]2CC=C(CCNC(=O)c3n[nH]c4c3CCC4)[C@@H]1C2. The summed E-state index contributed by atoms with van der Waals surface area (Å²) in [5, 5.41) is 10.3. The molecule has 0 saturated heterocycles. The minimum atomic E-state index is -0.0124. The second-order valence-electron chi connectivity index (χ2n) is 7.71. The summed E-state index contributed by atoms with van der Waals surface area (Å²) < 4.78 is 0. The van der Waals surface area contributed by atoms with Gasteiger partial charge in [-0.25, -0.2) is 0 Å². The lowest BCUT2D eigenvalue weighted by molar-refractivity contribution is -0.00811. The van der Waals surface area contributed by atoms with Gasteiger partial charge in [-0.1, -0.05) is 25.5 Å². The molecule has 4 nitrogen and oxygen atoms in total. The normalized spacial score (nSPS) is 27.8. The number of carbonyl (C=O) groups is 1. The van der Waals surface area contributed by atoms with E-state index in [1.54, 1.807) is 5.57 Å². The number of hydrogen-bond acceptors (Lipinski definition) is 2. The average molecular weight is 299 g/mol. The molecule has 5 rings (SSSR count). The van der Waals surface area contributed by atoms with Gasteiger partial charge in [-0.3, -0.25) is 9.89 Å². The Kier molecular flexibility index (Phi) is 3.17. The second kappa shape index (κ2) is 4.97. The Morgan fingerprint density at radius 3 is 3.09 bits per heavy atom. The lowest BCUT2D eigenvalue weighted by atomic mass is 9.48. The fraction of sp³-hybridized carbons (Fsp3) is 0.667. The number of allylic oxidation sites excluding steroid dienone is 1. The Bertz CT molecular complexity index is 641. The van der Waals surface area contributed by atoms with Crippen molar-refractivity contribution >= 4 is 5.91 Å². The van der Waals surface area contributed by atoms with Gasteiger partial charge in [-0.2, -0.15) is 5.10 Å². The quantitative estimate of drug-likeness (QED) is 0.840. The molecule has 4 aliphatic carbocycles. The molecule has 0 radical (unpaired) electrons. The predicted octanol–water partition coefficient (Wildman–Crippen LogP) is 3.01. The first-order chi connectivity index (χ1) is 10.6. The van der Waals surface area contributed by atoms with Crippen molar-refractivity contribution in [3.05, 3.63) is 28.6 Å². The molecule has 118 valence electrons. The van der Waals surface area contributed by atoms with Crippen LogP contribution in [0.3, 0.4) is 0 Å². The minimum Gasteiger partial charge on any atom is -0.350 e. The number of amides is 1. The molecule has 1 aromatic heterocycles. The van der Waals surface area contributed by atoms with E-state index in [2.05, 4.69) is 35.4 Å². The van der Waals surface area contributed by atoms with Crippen molar-refractivity contribution in [1.82, 2.24) is 15.5 Å². The minimum absolute atomic E-state index is 0.0124. The van der Waals surface area contributed by atoms with Gasteiger partial charge in [0.15, 0.2) is 5.69 Å². The van der Waals surface area contributed by atoms with Crippen LogP contribution in [0.15, 0.2) is 11.6 Å². The summed E-state index contributed by atoms with van der Waals surface area (Å²) in [4.78, 5) is 12.3. The van der Waals surface area contributed by atoms with E-state index in [4.69, 9.17) is 0 Å². The van der Waals surface area contributed by atoms with Crippen molar-refractivity contribution < 1.29 is 4.79 Å². The number of fused-ring (bicyclic) bond motifs is 2. The van der Waals surface area contributed by atoms with Crippen LogP contribution in [0.2, 0.25) is 0 Å². The summed E-state index contributed by atoms with van der Waals surface area (Å²) in [6, 6.07) is 0. The Labute approximate surface area is 131 Å². The van der Waals surface area contributed by atoms with E-state index in [1.165, 1.54) is 12.8 Å². The maximum atomic E-state index is 12.3. The van der Waals surface area contributed by atoms with Crippen molar-refractivity contribution in [3.8, 4) is 0 Å². The van der Waals surface area contributed by atoms with E-state index in [9.17, 15) is 4.79 Å². The maximum Gasteiger partial charge on any atom is 0.272 e. The number of aromatic amines is 1. The molecule has 1 saturated carbocycles. The number of H-pyrrole nitrogens is 1. The molecule has 1 heterocycles. The van der Waals surface area contributed by atoms with Gasteiger partial charge in [0.05, 0.1) is 0 Å². The lowest BCUT2D eigenvalue weighted by Gasteiger charge is -2.56. The van der Waals surface area contributed by atoms with Crippen LogP contribution in [0.5, 0.6) is 0 Å². The van der Waals surface area contributed by atoms with E-state index in [1.807, 2.05) is 0 Å². The van der Waals surface area contributed by atoms with Gasteiger partial charge in [0.1, 0.15) is 0 Å². The van der Waals surface area contributed by atoms with Crippen molar-refractivity contribution in [2.75, 3.05) is 6.54 Å². The zero-order valence-electron chi connectivity index (χ0n) is 13.5. The average Bonchev–Trinajstić information content (AvgIpc) is 3.09. The smallest absolute Gasteiger partial charge is 0.272 e. The fourth-order valence-electron chi connectivity index (χ4n) is 4.67. The fourth-order valence-corrected chi connectivity index (χ4v) is 4.67. The van der Waals surface area contributed by atoms with Crippen LogP contribution in [0, 0.1) is 17.3 Å². The van der Waals surface area contributed by atoms with Crippen LogP contribution in [0.25, 0.3) is 0 Å². The molecule has 0 spiro atoms. The molecule has 1 fully saturated rings. The largest absolute Gasteiger partial charge is 0.350 e. The van der Waals surface area contributed by atoms with Crippen LogP contribution < -0.4 is 5.32 Å². The van der Waals surface area contributed by atoms with Gasteiger partial charge >= 0.3 is 0 Å². The number of aromatic nitrogens is 2. The second-order valence-corrected chi connectivity index (χ2v) is 7.71. The third-order valence-electron chi connectivity index (χ3n) is 6.30. The van der Waals surface area contributed by atoms with Gasteiger partial charge in [-0.15, -0.1) is 0 Å². The summed E-state index contributed by atoms with van der Waals surface area (Å²) in [6.45, 7) is 5.51. The van der Waals surface area contributed by atoms with Crippen molar-refractivity contribution in [3.63, 3.8) is 0 Å². The van der Waals surface area contributed by atoms with Crippen LogP contribution in [0.1, 0.15) is 61.3 Å². The Balaban J connectivity index is 1.34. The van der Waals surface area contributed by atoms with E-state index >= 15 is 0 Å². The summed E-state index contributed by atoms with van der Waals surface area (Å²) in [5.41, 5.74) is 4.94. The maximum absolute atomic E-state index is 12.3. The molecule has 0 unspecified atom stereocenters. The molecule has 4 aliphatic rings. The summed E-state index contributed by atoms with van der Waals surface area (Å²) in [7, 11) is 0. The standard InChI is InChI=1S/C18H25N3O/c1-18(2)12-7-6-11(14(18)10-12)8-9-19-17(22)16-13-4-3-5-15(13)20-21-16/h6,12,14H,3-5,7-10H2,1-2H3,(H,19,22)(H,20,21)/t12-,14-/m0/s1. The molecule has 1 aromatic rings. The zero-order valence-corrected chi connectivity index (χ0v) is 13.5. The topological polar surface area (TPSA) is 57.8 Å². The summed E-state index contributed by atoms with van der Waals surface area (Å²) in [6.07, 6.45) is 9.12. The van der Waals surface area contributed by atoms with Crippen molar-refractivity contribution in [2.45, 2.75) is 52.4 Å². The number of carbonyl (C=O) groups excluding carboxylic acids is 1. The molecule has 22 heavy (non-hydrogen) atoms. The first-order valence-corrected chi connectivity index (χ1v) is 8.60. The molecule has 0 aromatic carbocycles. The number of nitrogens with zero attached hydrogens (tertiary/aromatic N) is 1. The van der Waals surface area contributed by atoms with E-state index in [-0.39, 0.29) is 5.91 Å². The first-order valence-electron chi connectivity index (χ1n) is 8.60. The van der Waals surface area contributed by atoms with Crippen LogP contribution >= 0.6 is 0 Å². The highest BCUT2D eigenvalue weighted by Gasteiger charge is 2.50. The van der Waals surface area contributed by atoms with Crippen molar-refractivity contribution in [1.29, 1.82) is 0 Å². The molecule has 2 bridgehead atoms. The van der Waals surface area contributed by atoms with Crippen LogP contribution in [0.4, 0.5) is 0 Å². The van der Waals surface area contributed by atoms with Gasteiger partial charge in [0.2, 0.25) is 0 Å². The van der Waals surface area contributed by atoms with Gasteiger partial charge < -0.3 is 5.32 Å². The number of nitrogens with one attached hydrogen (secondary N) is 2. The molecular weight excluding hydrogens is 274 g/mol. The Hall–Kier alpha value is -1.58. The molecule has 1 amide bonds. The molecule has 0 aliphatic heterocycles. The third-order valence-corrected chi connectivity index (χ3v) is 6.30. The number of aryl methyl sites for hydroxylation is 1. The van der Waals surface area contributed by atoms with Crippen LogP contribution in [-0.2, 0) is 12.8 Å². The predicted molar refractivity (Wildman–Crippen MR) is 85.6 cm³/mol. The number of rotatable bonds is 4. The lowest BCUT2D eigenvalue weighted by Crippen LogP contribution is -2.48. The monoisotopic (exact) mass is 299 g/mol. The molecule has 4 heteroatoms. The van der Waals surface area contributed by atoms with Crippen LogP contribution in [-0.4, -0.2) is 22.6 Å². The van der Waals surface area contributed by atoms with Gasteiger partial charge in [-0.05, 0) is 55.8 Å². The highest BCUT2D eigenvalue weighted by Crippen LogP contribution is 2.59. The molecular formula is C18H25N3O. The van der Waals surface area contributed by atoms with Gasteiger partial charge in [0.25, 0.3) is 5.91 Å². The summed E-state index contributed by atoms with van der Waals surface area (Å²) >= 11 is 0. The highest BCUT2D eigenvalue weighted by atomic mass is 16.1. The van der Waals surface area contributed by atoms with E-state index in [0.717, 1.165) is 55.3 Å². The summed E-state index contributed by atoms with van der Waals surface area (Å²) in [5.74, 6) is 1.60. The first kappa shape index (κ1) is 14.0. The van der Waals surface area contributed by atoms with E-state index < -0.39 is 0 Å². The third kappa shape index (κ3) is 2.03. The van der Waals surface area contributed by atoms with E-state index in [0.29, 0.717) is 11.1 Å². The number of hydrogen-bond donors (Lipinski definition) is 2.